The van der Waals surface area contributed by atoms with Crippen LogP contribution in [-0.4, -0.2) is 78.9 Å². The Balaban J connectivity index is 2.32. The molecule has 110 valence electrons. The van der Waals surface area contributed by atoms with Crippen LogP contribution in [0.5, 0.6) is 0 Å². The number of nitrogens with one attached hydrogen (secondary N) is 1. The number of urea groups is 1. The lowest BCUT2D eigenvalue weighted by molar-refractivity contribution is -0.146. The predicted molar refractivity (Wildman–Crippen MR) is 70.1 cm³/mol. The van der Waals surface area contributed by atoms with E-state index in [1.165, 1.54) is 25.8 Å². The molecule has 2 N–H and O–H groups in total. The number of nitrogens with zero attached hydrogens (tertiary/aromatic N) is 2. The Morgan fingerprint density at radius 2 is 1.95 bits per heavy atom. The van der Waals surface area contributed by atoms with Crippen LogP contribution in [0.3, 0.4) is 0 Å². The third kappa shape index (κ3) is 4.36. The summed E-state index contributed by atoms with van der Waals surface area (Å²) < 4.78 is 5.23. The third-order valence-corrected chi connectivity index (χ3v) is 3.47. The van der Waals surface area contributed by atoms with E-state index in [1.54, 1.807) is 0 Å². The van der Waals surface area contributed by atoms with E-state index >= 15 is 0 Å². The molecule has 0 aromatic heterocycles. The number of rotatable bonds is 5. The molecule has 7 nitrogen and oxygen atoms in total. The second-order valence-corrected chi connectivity index (χ2v) is 5.11. The summed E-state index contributed by atoms with van der Waals surface area (Å²) >= 11 is 0. The molecule has 0 bridgehead atoms. The van der Waals surface area contributed by atoms with Crippen LogP contribution in [0.2, 0.25) is 0 Å². The number of carbonyl (C=O) groups is 2. The summed E-state index contributed by atoms with van der Waals surface area (Å²) in [5, 5.41) is 11.8. The van der Waals surface area contributed by atoms with Crippen molar-refractivity contribution in [3.8, 4) is 0 Å². The summed E-state index contributed by atoms with van der Waals surface area (Å²) in [6.07, 6.45) is 0. The van der Waals surface area contributed by atoms with Gasteiger partial charge in [0.2, 0.25) is 0 Å². The fourth-order valence-corrected chi connectivity index (χ4v) is 1.66. The van der Waals surface area contributed by atoms with Crippen molar-refractivity contribution in [1.82, 2.24) is 15.1 Å². The van der Waals surface area contributed by atoms with Gasteiger partial charge < -0.3 is 20.1 Å². The monoisotopic (exact) mass is 273 g/mol. The van der Waals surface area contributed by atoms with Crippen LogP contribution >= 0.6 is 0 Å². The van der Waals surface area contributed by atoms with Crippen molar-refractivity contribution in [2.45, 2.75) is 19.4 Å². The lowest BCUT2D eigenvalue weighted by atomic mass is 10.1. The van der Waals surface area contributed by atoms with E-state index in [2.05, 4.69) is 10.2 Å². The molecule has 1 heterocycles. The van der Waals surface area contributed by atoms with Gasteiger partial charge in [-0.15, -0.1) is 0 Å². The standard InChI is InChI=1S/C12H23N3O4/c1-12(2,10(16)17)14(3)11(18)13-4-5-15-6-8-19-9-7-15/h4-9H2,1-3H3,(H,13,18)(H,16,17). The first-order valence-corrected chi connectivity index (χ1v) is 6.41. The maximum absolute atomic E-state index is 11.8. The zero-order valence-corrected chi connectivity index (χ0v) is 11.8. The van der Waals surface area contributed by atoms with Gasteiger partial charge in [0.05, 0.1) is 13.2 Å². The molecule has 0 atom stereocenters. The number of carbonyl (C=O) groups excluding carboxylic acids is 1. The highest BCUT2D eigenvalue weighted by Crippen LogP contribution is 2.12. The number of amides is 2. The molecule has 0 aliphatic carbocycles. The van der Waals surface area contributed by atoms with Crippen molar-refractivity contribution < 1.29 is 19.4 Å². The molecule has 1 aliphatic heterocycles. The minimum atomic E-state index is -1.22. The zero-order chi connectivity index (χ0) is 14.5. The number of aliphatic carboxylic acids is 1. The first kappa shape index (κ1) is 15.7. The van der Waals surface area contributed by atoms with Gasteiger partial charge in [0.1, 0.15) is 5.54 Å². The van der Waals surface area contributed by atoms with Crippen LogP contribution in [0.4, 0.5) is 4.79 Å². The van der Waals surface area contributed by atoms with Gasteiger partial charge in [-0.05, 0) is 13.8 Å². The maximum atomic E-state index is 11.8. The van der Waals surface area contributed by atoms with Crippen LogP contribution in [0.15, 0.2) is 0 Å². The lowest BCUT2D eigenvalue weighted by Crippen LogP contribution is -2.54. The van der Waals surface area contributed by atoms with Crippen molar-refractivity contribution in [3.05, 3.63) is 0 Å². The molecular formula is C12H23N3O4. The zero-order valence-electron chi connectivity index (χ0n) is 11.8. The molecule has 0 saturated carbocycles. The topological polar surface area (TPSA) is 82.1 Å². The van der Waals surface area contributed by atoms with Gasteiger partial charge in [0.25, 0.3) is 0 Å². The smallest absolute Gasteiger partial charge is 0.329 e. The van der Waals surface area contributed by atoms with Crippen LogP contribution in [-0.2, 0) is 9.53 Å². The summed E-state index contributed by atoms with van der Waals surface area (Å²) in [5.74, 6) is -1.03. The van der Waals surface area contributed by atoms with Crippen molar-refractivity contribution in [2.75, 3.05) is 46.4 Å². The number of likely N-dealkylation sites (N-methyl/N-ethyl adjacent to an activating group) is 1. The van der Waals surface area contributed by atoms with Gasteiger partial charge in [-0.1, -0.05) is 0 Å². The Kier molecular flexibility index (Phi) is 5.56. The number of ether oxygens (including phenoxy) is 1. The van der Waals surface area contributed by atoms with E-state index in [9.17, 15) is 9.59 Å². The Morgan fingerprint density at radius 1 is 1.37 bits per heavy atom. The normalized spacial score (nSPS) is 17.0. The molecule has 19 heavy (non-hydrogen) atoms. The Labute approximate surface area is 113 Å². The van der Waals surface area contributed by atoms with Gasteiger partial charge >= 0.3 is 12.0 Å². The van der Waals surface area contributed by atoms with E-state index < -0.39 is 11.5 Å². The molecule has 0 aromatic carbocycles. The molecule has 0 spiro atoms. The van der Waals surface area contributed by atoms with Gasteiger partial charge in [0, 0.05) is 33.2 Å². The molecule has 0 aromatic rings. The average molecular weight is 273 g/mol. The number of hydrogen-bond acceptors (Lipinski definition) is 4. The summed E-state index contributed by atoms with van der Waals surface area (Å²) in [7, 11) is 1.48. The second-order valence-electron chi connectivity index (χ2n) is 5.11. The molecule has 0 unspecified atom stereocenters. The summed E-state index contributed by atoms with van der Waals surface area (Å²) in [5.41, 5.74) is -1.22. The van der Waals surface area contributed by atoms with Gasteiger partial charge in [-0.25, -0.2) is 9.59 Å². The van der Waals surface area contributed by atoms with Gasteiger partial charge in [0.15, 0.2) is 0 Å². The first-order chi connectivity index (χ1) is 8.85. The molecule has 7 heteroatoms. The maximum Gasteiger partial charge on any atom is 0.329 e. The fraction of sp³-hybridized carbons (Fsp3) is 0.833. The lowest BCUT2D eigenvalue weighted by Gasteiger charge is -2.32. The first-order valence-electron chi connectivity index (χ1n) is 6.41. The van der Waals surface area contributed by atoms with Crippen LogP contribution in [0, 0.1) is 0 Å². The molecule has 0 radical (unpaired) electrons. The van der Waals surface area contributed by atoms with Crippen molar-refractivity contribution in [3.63, 3.8) is 0 Å². The highest BCUT2D eigenvalue weighted by molar-refractivity contribution is 5.85. The van der Waals surface area contributed by atoms with E-state index in [1.807, 2.05) is 0 Å². The van der Waals surface area contributed by atoms with E-state index in [-0.39, 0.29) is 6.03 Å². The summed E-state index contributed by atoms with van der Waals surface area (Å²) in [6, 6.07) is -0.374. The minimum absolute atomic E-state index is 0.374. The molecular weight excluding hydrogens is 250 g/mol. The van der Waals surface area contributed by atoms with Crippen LogP contribution < -0.4 is 5.32 Å². The molecule has 2 amide bonds. The molecule has 1 saturated heterocycles. The van der Waals surface area contributed by atoms with E-state index in [0.29, 0.717) is 6.54 Å². The van der Waals surface area contributed by atoms with Crippen LogP contribution in [0.1, 0.15) is 13.8 Å². The Morgan fingerprint density at radius 3 is 2.47 bits per heavy atom. The number of morpholine rings is 1. The largest absolute Gasteiger partial charge is 0.480 e. The average Bonchev–Trinajstić information content (AvgIpc) is 2.38. The van der Waals surface area contributed by atoms with Crippen molar-refractivity contribution in [2.24, 2.45) is 0 Å². The number of hydrogen-bond donors (Lipinski definition) is 2. The highest BCUT2D eigenvalue weighted by atomic mass is 16.5. The summed E-state index contributed by atoms with van der Waals surface area (Å²) in [4.78, 5) is 26.3. The third-order valence-electron chi connectivity index (χ3n) is 3.47. The van der Waals surface area contributed by atoms with E-state index in [0.717, 1.165) is 32.8 Å². The van der Waals surface area contributed by atoms with Crippen LogP contribution in [0.25, 0.3) is 0 Å². The fourth-order valence-electron chi connectivity index (χ4n) is 1.66. The Hall–Kier alpha value is -1.34. The molecule has 1 aliphatic rings. The predicted octanol–water partition coefficient (Wildman–Crippen LogP) is -0.177. The molecule has 1 rings (SSSR count). The summed E-state index contributed by atoms with van der Waals surface area (Å²) in [6.45, 7) is 7.42. The van der Waals surface area contributed by atoms with Gasteiger partial charge in [-0.2, -0.15) is 0 Å². The van der Waals surface area contributed by atoms with Crippen molar-refractivity contribution in [1.29, 1.82) is 0 Å². The van der Waals surface area contributed by atoms with E-state index in [4.69, 9.17) is 9.84 Å². The highest BCUT2D eigenvalue weighted by Gasteiger charge is 2.35. The number of carboxylic acids is 1. The van der Waals surface area contributed by atoms with Gasteiger partial charge in [-0.3, -0.25) is 4.90 Å². The second kappa shape index (κ2) is 6.72. The SMILES string of the molecule is CN(C(=O)NCCN1CCOCC1)C(C)(C)C(=O)O. The quantitative estimate of drug-likeness (QED) is 0.726. The Bertz CT molecular complexity index is 327. The molecule has 1 fully saturated rings. The minimum Gasteiger partial charge on any atom is -0.480 e. The number of carboxylic acid groups (broad SMARTS) is 1. The van der Waals surface area contributed by atoms with Crippen molar-refractivity contribution >= 4 is 12.0 Å².